The maximum Gasteiger partial charge on any atom is 0.265 e. The molecule has 4 rings (SSSR count). The van der Waals surface area contributed by atoms with E-state index in [9.17, 15) is 4.79 Å². The summed E-state index contributed by atoms with van der Waals surface area (Å²) in [6.45, 7) is 2.33. The van der Waals surface area contributed by atoms with Crippen LogP contribution in [0, 0.1) is 6.92 Å². The van der Waals surface area contributed by atoms with Crippen molar-refractivity contribution in [3.63, 3.8) is 0 Å². The van der Waals surface area contributed by atoms with Gasteiger partial charge in [0.25, 0.3) is 5.56 Å². The van der Waals surface area contributed by atoms with E-state index in [1.54, 1.807) is 20.3 Å². The lowest BCUT2D eigenvalue weighted by atomic mass is 10.1. The van der Waals surface area contributed by atoms with Gasteiger partial charge in [0.1, 0.15) is 24.2 Å². The van der Waals surface area contributed by atoms with Gasteiger partial charge in [-0.1, -0.05) is 76.5 Å². The molecule has 0 aliphatic heterocycles. The number of H-pyrrole nitrogens is 1. The van der Waals surface area contributed by atoms with Gasteiger partial charge in [-0.2, -0.15) is 0 Å². The van der Waals surface area contributed by atoms with Crippen LogP contribution in [0.15, 0.2) is 66.8 Å². The lowest BCUT2D eigenvalue weighted by Crippen LogP contribution is -2.18. The van der Waals surface area contributed by atoms with Gasteiger partial charge in [0.15, 0.2) is 5.82 Å². The Morgan fingerprint density at radius 2 is 1.58 bits per heavy atom. The summed E-state index contributed by atoms with van der Waals surface area (Å²) in [7, 11) is 3.13. The highest BCUT2D eigenvalue weighted by molar-refractivity contribution is 7.99. The maximum atomic E-state index is 13.0. The Morgan fingerprint density at radius 3 is 2.26 bits per heavy atom. The smallest absolute Gasteiger partial charge is 0.265 e. The van der Waals surface area contributed by atoms with E-state index < -0.39 is 0 Å². The number of aryl methyl sites for hydroxylation is 1. The summed E-state index contributed by atoms with van der Waals surface area (Å²) in [4.78, 5) is 32.0. The van der Waals surface area contributed by atoms with Gasteiger partial charge in [0.2, 0.25) is 0 Å². The quantitative estimate of drug-likeness (QED) is 0.192. The van der Waals surface area contributed by atoms with Gasteiger partial charge < -0.3 is 14.5 Å². The van der Waals surface area contributed by atoms with Crippen molar-refractivity contribution in [3.05, 3.63) is 96.6 Å². The first kappa shape index (κ1) is 28.9. The van der Waals surface area contributed by atoms with Crippen LogP contribution in [-0.4, -0.2) is 34.2 Å². The molecule has 198 valence electrons. The molecule has 0 aliphatic rings. The second kappa shape index (κ2) is 13.3. The predicted molar refractivity (Wildman–Crippen MR) is 152 cm³/mol. The van der Waals surface area contributed by atoms with E-state index >= 15 is 0 Å². The van der Waals surface area contributed by atoms with Crippen molar-refractivity contribution < 1.29 is 9.47 Å². The number of methoxy groups -OCH3 is 2. The second-order valence-electron chi connectivity index (χ2n) is 8.08. The van der Waals surface area contributed by atoms with Gasteiger partial charge >= 0.3 is 0 Å². The van der Waals surface area contributed by atoms with Crippen LogP contribution < -0.4 is 5.56 Å². The van der Waals surface area contributed by atoms with Crippen molar-refractivity contribution in [2.45, 2.75) is 46.1 Å². The van der Waals surface area contributed by atoms with Gasteiger partial charge in [-0.05, 0) is 36.8 Å². The third-order valence-electron chi connectivity index (χ3n) is 5.22. The SMILES string of the molecule is COCc1nc(C)c(Sc2ccc(Cc3nc(COC)[nH]c(=O)c3Sc3ccccc3Cl)cc2Cl)c(Cl)n1. The Balaban J connectivity index is 1.63. The number of benzene rings is 2. The molecule has 0 atom stereocenters. The molecular weight excluding hydrogens is 587 g/mol. The monoisotopic (exact) mass is 608 g/mol. The number of halogens is 3. The predicted octanol–water partition coefficient (Wildman–Crippen LogP) is 7.01. The molecule has 4 aromatic rings. The molecule has 0 unspecified atom stereocenters. The zero-order chi connectivity index (χ0) is 27.2. The third-order valence-corrected chi connectivity index (χ3v) is 8.94. The molecule has 2 aromatic carbocycles. The van der Waals surface area contributed by atoms with Crippen LogP contribution in [0.3, 0.4) is 0 Å². The summed E-state index contributed by atoms with van der Waals surface area (Å²) < 4.78 is 10.3. The molecule has 12 heteroatoms. The first-order valence-corrected chi connectivity index (χ1v) is 14.1. The minimum Gasteiger partial charge on any atom is -0.377 e. The van der Waals surface area contributed by atoms with Gasteiger partial charge in [-0.3, -0.25) is 4.79 Å². The van der Waals surface area contributed by atoms with Gasteiger partial charge in [-0.25, -0.2) is 15.0 Å². The highest BCUT2D eigenvalue weighted by Gasteiger charge is 2.17. The van der Waals surface area contributed by atoms with Gasteiger partial charge in [0, 0.05) is 30.4 Å². The zero-order valence-electron chi connectivity index (χ0n) is 20.7. The fraction of sp³-hybridized carbons (Fsp3) is 0.231. The number of rotatable bonds is 10. The molecule has 0 amide bonds. The van der Waals surface area contributed by atoms with Crippen molar-refractivity contribution in [1.82, 2.24) is 19.9 Å². The van der Waals surface area contributed by atoms with Crippen LogP contribution in [0.5, 0.6) is 0 Å². The van der Waals surface area contributed by atoms with Crippen LogP contribution in [-0.2, 0) is 29.1 Å². The summed E-state index contributed by atoms with van der Waals surface area (Å²) in [6, 6.07) is 13.1. The molecule has 2 heterocycles. The van der Waals surface area contributed by atoms with Crippen molar-refractivity contribution in [2.75, 3.05) is 14.2 Å². The molecule has 7 nitrogen and oxygen atoms in total. The fourth-order valence-electron chi connectivity index (χ4n) is 3.56. The van der Waals surface area contributed by atoms with Crippen LogP contribution in [0.4, 0.5) is 0 Å². The average Bonchev–Trinajstić information content (AvgIpc) is 2.86. The lowest BCUT2D eigenvalue weighted by molar-refractivity contribution is 0.177. The molecule has 0 fully saturated rings. The van der Waals surface area contributed by atoms with Crippen molar-refractivity contribution >= 4 is 58.3 Å². The summed E-state index contributed by atoms with van der Waals surface area (Å²) in [5.74, 6) is 0.959. The summed E-state index contributed by atoms with van der Waals surface area (Å²) >= 11 is 22.1. The Kier molecular flexibility index (Phi) is 10.1. The zero-order valence-corrected chi connectivity index (χ0v) is 24.6. The van der Waals surface area contributed by atoms with Gasteiger partial charge in [-0.15, -0.1) is 0 Å². The molecule has 0 saturated carbocycles. The standard InChI is InChI=1S/C26H23Cl3N4O3S2/c1-14-23(25(29)32-21(30-14)12-35-2)37-20-9-8-15(10-17(20)28)11-18-24(26(34)33-22(31-18)13-36-3)38-19-7-5-4-6-16(19)27/h4-10H,11-13H2,1-3H3,(H,31,33,34). The maximum absolute atomic E-state index is 13.0. The van der Waals surface area contributed by atoms with Crippen molar-refractivity contribution in [2.24, 2.45) is 0 Å². The third kappa shape index (κ3) is 7.09. The highest BCUT2D eigenvalue weighted by Crippen LogP contribution is 2.39. The first-order chi connectivity index (χ1) is 18.3. The van der Waals surface area contributed by atoms with Gasteiger partial charge in [0.05, 0.1) is 31.2 Å². The molecule has 2 aromatic heterocycles. The highest BCUT2D eigenvalue weighted by atomic mass is 35.5. The Hall–Kier alpha value is -2.11. The van der Waals surface area contributed by atoms with Crippen molar-refractivity contribution in [3.8, 4) is 0 Å². The number of hydrogen-bond acceptors (Lipinski definition) is 8. The Bertz CT molecular complexity index is 1490. The van der Waals surface area contributed by atoms with E-state index in [1.165, 1.54) is 23.5 Å². The normalized spacial score (nSPS) is 11.2. The summed E-state index contributed by atoms with van der Waals surface area (Å²) in [6.07, 6.45) is 0.382. The average molecular weight is 610 g/mol. The Morgan fingerprint density at radius 1 is 0.868 bits per heavy atom. The molecule has 38 heavy (non-hydrogen) atoms. The van der Waals surface area contributed by atoms with E-state index in [0.717, 1.165) is 25.9 Å². The van der Waals surface area contributed by atoms with E-state index in [4.69, 9.17) is 44.3 Å². The number of nitrogens with one attached hydrogen (secondary N) is 1. The van der Waals surface area contributed by atoms with Crippen LogP contribution in [0.2, 0.25) is 15.2 Å². The van der Waals surface area contributed by atoms with E-state index in [2.05, 4.69) is 19.9 Å². The first-order valence-electron chi connectivity index (χ1n) is 11.3. The number of hydrogen-bond donors (Lipinski definition) is 1. The largest absolute Gasteiger partial charge is 0.377 e. The molecule has 1 N–H and O–H groups in total. The minimum atomic E-state index is -0.257. The second-order valence-corrected chi connectivity index (χ2v) is 11.4. The Labute approximate surface area is 243 Å². The topological polar surface area (TPSA) is 90.0 Å². The van der Waals surface area contributed by atoms with Crippen LogP contribution in [0.1, 0.15) is 28.6 Å². The number of aromatic amines is 1. The summed E-state index contributed by atoms with van der Waals surface area (Å²) in [5.41, 5.74) is 1.97. The van der Waals surface area contributed by atoms with E-state index in [-0.39, 0.29) is 18.8 Å². The molecular formula is C26H23Cl3N4O3S2. The number of ether oxygens (including phenoxy) is 2. The minimum absolute atomic E-state index is 0.182. The fourth-order valence-corrected chi connectivity index (χ4v) is 6.23. The molecule has 0 spiro atoms. The van der Waals surface area contributed by atoms with E-state index in [0.29, 0.717) is 43.9 Å². The van der Waals surface area contributed by atoms with Crippen LogP contribution >= 0.6 is 58.3 Å². The number of nitrogens with zero attached hydrogens (tertiary/aromatic N) is 3. The molecule has 0 radical (unpaired) electrons. The van der Waals surface area contributed by atoms with Crippen LogP contribution in [0.25, 0.3) is 0 Å². The molecule has 0 bridgehead atoms. The molecule has 0 saturated heterocycles. The summed E-state index contributed by atoms with van der Waals surface area (Å²) in [5, 5.41) is 1.43. The van der Waals surface area contributed by atoms with E-state index in [1.807, 2.05) is 43.3 Å². The molecule has 0 aliphatic carbocycles. The number of aromatic nitrogens is 4. The van der Waals surface area contributed by atoms with Crippen molar-refractivity contribution in [1.29, 1.82) is 0 Å². The lowest BCUT2D eigenvalue weighted by Gasteiger charge is -2.13.